The molecule has 1 atom stereocenters. The van der Waals surface area contributed by atoms with Gasteiger partial charge in [0.2, 0.25) is 11.8 Å². The zero-order valence-corrected chi connectivity index (χ0v) is 25.0. The van der Waals surface area contributed by atoms with Crippen molar-refractivity contribution in [3.8, 4) is 5.75 Å². The van der Waals surface area contributed by atoms with E-state index in [9.17, 15) is 28.1 Å². The van der Waals surface area contributed by atoms with E-state index in [0.717, 1.165) is 10.4 Å². The summed E-state index contributed by atoms with van der Waals surface area (Å²) in [5.41, 5.74) is 0.538. The minimum atomic E-state index is -4.51. The molecule has 11 nitrogen and oxygen atoms in total. The van der Waals surface area contributed by atoms with Gasteiger partial charge in [-0.25, -0.2) is 8.42 Å². The van der Waals surface area contributed by atoms with Gasteiger partial charge >= 0.3 is 0 Å². The predicted molar refractivity (Wildman–Crippen MR) is 156 cm³/mol. The normalized spacial score (nSPS) is 11.9. The molecule has 0 spiro atoms. The third kappa shape index (κ3) is 7.26. The van der Waals surface area contributed by atoms with E-state index in [0.29, 0.717) is 16.3 Å². The lowest BCUT2D eigenvalue weighted by atomic mass is 10.1. The maximum Gasteiger partial charge on any atom is 0.273 e. The van der Waals surface area contributed by atoms with Crippen molar-refractivity contribution in [2.75, 3.05) is 25.0 Å². The van der Waals surface area contributed by atoms with Crippen LogP contribution in [-0.2, 0) is 26.2 Å². The molecule has 0 saturated heterocycles. The average Bonchev–Trinajstić information content (AvgIpc) is 2.95. The number of likely N-dealkylation sites (N-methyl/N-ethyl adjacent to an activating group) is 1. The molecule has 218 valence electrons. The number of anilines is 1. The molecule has 0 aliphatic rings. The molecule has 2 amide bonds. The summed E-state index contributed by atoms with van der Waals surface area (Å²) in [6.45, 7) is 2.18. The summed E-state index contributed by atoms with van der Waals surface area (Å²) in [4.78, 5) is 38.1. The van der Waals surface area contributed by atoms with Crippen molar-refractivity contribution in [2.24, 2.45) is 0 Å². The smallest absolute Gasteiger partial charge is 0.273 e. The fraction of sp³-hybridized carbons (Fsp3) is 0.259. The third-order valence-corrected chi connectivity index (χ3v) is 8.86. The summed E-state index contributed by atoms with van der Waals surface area (Å²) < 4.78 is 33.8. The number of hydrogen-bond acceptors (Lipinski definition) is 7. The minimum absolute atomic E-state index is 0.0865. The number of amides is 2. The van der Waals surface area contributed by atoms with E-state index in [1.165, 1.54) is 69.3 Å². The number of nitrogens with zero attached hydrogens (tertiary/aromatic N) is 3. The topological polar surface area (TPSA) is 139 Å². The molecular formula is C27H28Cl2N4O7S. The third-order valence-electron chi connectivity index (χ3n) is 6.36. The van der Waals surface area contributed by atoms with Crippen molar-refractivity contribution in [3.63, 3.8) is 0 Å². The summed E-state index contributed by atoms with van der Waals surface area (Å²) in [7, 11) is -1.65. The average molecular weight is 624 g/mol. The zero-order chi connectivity index (χ0) is 30.5. The predicted octanol–water partition coefficient (Wildman–Crippen LogP) is 4.58. The molecule has 0 fully saturated rings. The highest BCUT2D eigenvalue weighted by Crippen LogP contribution is 2.30. The van der Waals surface area contributed by atoms with Crippen molar-refractivity contribution in [1.29, 1.82) is 0 Å². The number of methoxy groups -OCH3 is 1. The van der Waals surface area contributed by atoms with Gasteiger partial charge in [-0.3, -0.25) is 24.0 Å². The first kappa shape index (κ1) is 31.7. The highest BCUT2D eigenvalue weighted by atomic mass is 35.5. The summed E-state index contributed by atoms with van der Waals surface area (Å²) in [6.07, 6.45) is 0. The van der Waals surface area contributed by atoms with Crippen LogP contribution in [0.2, 0.25) is 10.0 Å². The number of aryl methyl sites for hydroxylation is 1. The van der Waals surface area contributed by atoms with E-state index in [4.69, 9.17) is 27.9 Å². The molecule has 0 aliphatic carbocycles. The number of sulfonamides is 1. The van der Waals surface area contributed by atoms with E-state index in [1.54, 1.807) is 18.2 Å². The van der Waals surface area contributed by atoms with Crippen LogP contribution in [0.25, 0.3) is 0 Å². The number of benzene rings is 3. The van der Waals surface area contributed by atoms with Crippen LogP contribution in [0.5, 0.6) is 5.75 Å². The molecule has 0 saturated carbocycles. The second kappa shape index (κ2) is 13.2. The van der Waals surface area contributed by atoms with Gasteiger partial charge in [-0.15, -0.1) is 0 Å². The van der Waals surface area contributed by atoms with Crippen molar-refractivity contribution in [2.45, 2.75) is 31.3 Å². The molecule has 3 aromatic rings. The van der Waals surface area contributed by atoms with E-state index < -0.39 is 39.3 Å². The van der Waals surface area contributed by atoms with Crippen LogP contribution < -0.4 is 14.4 Å². The Morgan fingerprint density at radius 1 is 1.05 bits per heavy atom. The van der Waals surface area contributed by atoms with Crippen LogP contribution in [0.3, 0.4) is 0 Å². The van der Waals surface area contributed by atoms with Crippen LogP contribution in [0.4, 0.5) is 11.4 Å². The Balaban J connectivity index is 2.10. The molecule has 3 aromatic carbocycles. The van der Waals surface area contributed by atoms with E-state index in [-0.39, 0.29) is 33.4 Å². The Morgan fingerprint density at radius 3 is 2.27 bits per heavy atom. The Labute approximate surface area is 247 Å². The van der Waals surface area contributed by atoms with Gasteiger partial charge in [-0.1, -0.05) is 35.3 Å². The lowest BCUT2D eigenvalue weighted by molar-refractivity contribution is -0.385. The first-order valence-electron chi connectivity index (χ1n) is 12.2. The van der Waals surface area contributed by atoms with Crippen molar-refractivity contribution < 1.29 is 27.7 Å². The zero-order valence-electron chi connectivity index (χ0n) is 22.6. The van der Waals surface area contributed by atoms with Gasteiger partial charge < -0.3 is 15.0 Å². The highest BCUT2D eigenvalue weighted by molar-refractivity contribution is 7.92. The standard InChI is InChI=1S/C27H28Cl2N4O7S/c1-17-5-11-22(14-25(17)33(36)37)41(38,39)32(20-7-9-21(40-4)10-8-20)16-26(34)31(18(2)27(35)30-3)15-19-6-12-23(28)24(29)13-19/h5-14,18H,15-16H2,1-4H3,(H,30,35). The summed E-state index contributed by atoms with van der Waals surface area (Å²) in [5.74, 6) is -0.752. The van der Waals surface area contributed by atoms with Crippen LogP contribution in [0.1, 0.15) is 18.1 Å². The van der Waals surface area contributed by atoms with Crippen molar-refractivity contribution in [3.05, 3.63) is 92.0 Å². The lowest BCUT2D eigenvalue weighted by Crippen LogP contribution is -2.50. The number of rotatable bonds is 11. The monoisotopic (exact) mass is 622 g/mol. The number of halogens is 2. The Kier molecular flexibility index (Phi) is 10.2. The molecule has 3 rings (SSSR count). The number of nitro benzene ring substituents is 1. The summed E-state index contributed by atoms with van der Waals surface area (Å²) in [6, 6.07) is 13.2. The van der Waals surface area contributed by atoms with Gasteiger partial charge in [0.15, 0.2) is 0 Å². The fourth-order valence-corrected chi connectivity index (χ4v) is 5.73. The molecule has 14 heteroatoms. The van der Waals surface area contributed by atoms with Gasteiger partial charge in [-0.05, 0) is 61.9 Å². The second-order valence-electron chi connectivity index (χ2n) is 8.98. The molecule has 1 unspecified atom stereocenters. The van der Waals surface area contributed by atoms with E-state index in [2.05, 4.69) is 5.32 Å². The van der Waals surface area contributed by atoms with Crippen LogP contribution >= 0.6 is 23.2 Å². The Hall–Kier alpha value is -3.87. The van der Waals surface area contributed by atoms with Crippen LogP contribution in [0.15, 0.2) is 65.6 Å². The van der Waals surface area contributed by atoms with Crippen molar-refractivity contribution in [1.82, 2.24) is 10.2 Å². The quantitative estimate of drug-likeness (QED) is 0.244. The number of nitro groups is 1. The number of hydrogen-bond donors (Lipinski definition) is 1. The number of nitrogens with one attached hydrogen (secondary N) is 1. The van der Waals surface area contributed by atoms with Gasteiger partial charge in [0, 0.05) is 25.2 Å². The molecule has 0 aliphatic heterocycles. The van der Waals surface area contributed by atoms with Crippen molar-refractivity contribution >= 4 is 56.4 Å². The Morgan fingerprint density at radius 2 is 1.71 bits per heavy atom. The first-order valence-corrected chi connectivity index (χ1v) is 14.4. The number of ether oxygens (including phenoxy) is 1. The van der Waals surface area contributed by atoms with Gasteiger partial charge in [-0.2, -0.15) is 0 Å². The van der Waals surface area contributed by atoms with E-state index in [1.807, 2.05) is 0 Å². The molecule has 0 bridgehead atoms. The molecule has 0 aromatic heterocycles. The molecule has 41 heavy (non-hydrogen) atoms. The van der Waals surface area contributed by atoms with E-state index >= 15 is 0 Å². The highest BCUT2D eigenvalue weighted by Gasteiger charge is 2.33. The summed E-state index contributed by atoms with van der Waals surface area (Å²) >= 11 is 12.2. The number of carbonyl (C=O) groups is 2. The van der Waals surface area contributed by atoms with Gasteiger partial charge in [0.05, 0.1) is 32.7 Å². The maximum atomic E-state index is 13.9. The second-order valence-corrected chi connectivity index (χ2v) is 11.7. The Bertz CT molecular complexity index is 1570. The molecule has 0 heterocycles. The first-order chi connectivity index (χ1) is 19.3. The van der Waals surface area contributed by atoms with Gasteiger partial charge in [0.1, 0.15) is 18.3 Å². The minimum Gasteiger partial charge on any atom is -0.497 e. The SMILES string of the molecule is CNC(=O)C(C)N(Cc1ccc(Cl)c(Cl)c1)C(=O)CN(c1ccc(OC)cc1)S(=O)(=O)c1ccc(C)c([N+](=O)[O-])c1. The maximum absolute atomic E-state index is 13.9. The number of carbonyl (C=O) groups excluding carboxylic acids is 2. The summed E-state index contributed by atoms with van der Waals surface area (Å²) in [5, 5.41) is 14.6. The van der Waals surface area contributed by atoms with Gasteiger partial charge in [0.25, 0.3) is 15.7 Å². The molecular weight excluding hydrogens is 595 g/mol. The molecule has 0 radical (unpaired) electrons. The molecule has 1 N–H and O–H groups in total. The lowest BCUT2D eigenvalue weighted by Gasteiger charge is -2.31. The van der Waals surface area contributed by atoms with Crippen LogP contribution in [-0.4, -0.2) is 56.8 Å². The van der Waals surface area contributed by atoms with Crippen LogP contribution in [0, 0.1) is 17.0 Å². The largest absolute Gasteiger partial charge is 0.497 e. The fourth-order valence-electron chi connectivity index (χ4n) is 3.98.